The summed E-state index contributed by atoms with van der Waals surface area (Å²) >= 11 is 0. The van der Waals surface area contributed by atoms with Crippen LogP contribution in [0.15, 0.2) is 12.1 Å². The van der Waals surface area contributed by atoms with E-state index in [1.54, 1.807) is 0 Å². The van der Waals surface area contributed by atoms with Crippen molar-refractivity contribution in [3.63, 3.8) is 0 Å². The number of alkyl halides is 3. The Bertz CT molecular complexity index is 359. The van der Waals surface area contributed by atoms with Gasteiger partial charge in [0, 0.05) is 12.2 Å². The largest absolute Gasteiger partial charge is 0.416 e. The molecule has 0 spiro atoms. The average Bonchev–Trinajstić information content (AvgIpc) is 2.16. The third-order valence-electron chi connectivity index (χ3n) is 2.12. The second-order valence-electron chi connectivity index (χ2n) is 3.85. The highest BCUT2D eigenvalue weighted by Gasteiger charge is 2.31. The van der Waals surface area contributed by atoms with Crippen molar-refractivity contribution in [2.75, 3.05) is 11.9 Å². The molecule has 16 heavy (non-hydrogen) atoms. The van der Waals surface area contributed by atoms with Gasteiger partial charge in [-0.05, 0) is 25.0 Å². The van der Waals surface area contributed by atoms with Crippen LogP contribution in [0.4, 0.5) is 19.0 Å². The van der Waals surface area contributed by atoms with Crippen molar-refractivity contribution in [2.45, 2.75) is 32.9 Å². The Morgan fingerprint density at radius 1 is 1.31 bits per heavy atom. The van der Waals surface area contributed by atoms with E-state index in [-0.39, 0.29) is 11.7 Å². The van der Waals surface area contributed by atoms with Crippen molar-refractivity contribution in [1.29, 1.82) is 0 Å². The van der Waals surface area contributed by atoms with E-state index < -0.39 is 11.7 Å². The van der Waals surface area contributed by atoms with Crippen LogP contribution in [-0.4, -0.2) is 11.5 Å². The van der Waals surface area contributed by atoms with Crippen LogP contribution in [0.2, 0.25) is 0 Å². The molecule has 1 aromatic rings. The van der Waals surface area contributed by atoms with Crippen molar-refractivity contribution < 1.29 is 13.2 Å². The maximum atomic E-state index is 12.6. The van der Waals surface area contributed by atoms with Gasteiger partial charge in [-0.1, -0.05) is 13.8 Å². The van der Waals surface area contributed by atoms with Gasteiger partial charge in [0.1, 0.15) is 5.82 Å². The topological polar surface area (TPSA) is 24.9 Å². The molecule has 0 radical (unpaired) electrons. The lowest BCUT2D eigenvalue weighted by atomic mass is 10.1. The second kappa shape index (κ2) is 4.72. The molecule has 1 heterocycles. The van der Waals surface area contributed by atoms with Gasteiger partial charge in [0.25, 0.3) is 0 Å². The fraction of sp³-hybridized carbons (Fsp3) is 0.545. The Morgan fingerprint density at radius 3 is 2.38 bits per heavy atom. The normalized spacial score (nSPS) is 11.9. The highest BCUT2D eigenvalue weighted by molar-refractivity contribution is 5.41. The summed E-state index contributed by atoms with van der Waals surface area (Å²) in [7, 11) is 0. The van der Waals surface area contributed by atoms with Crippen molar-refractivity contribution in [3.05, 3.63) is 23.4 Å². The van der Waals surface area contributed by atoms with Crippen LogP contribution in [0.25, 0.3) is 0 Å². The second-order valence-corrected chi connectivity index (χ2v) is 3.85. The van der Waals surface area contributed by atoms with Crippen molar-refractivity contribution in [1.82, 2.24) is 4.98 Å². The summed E-state index contributed by atoms with van der Waals surface area (Å²) in [6.07, 6.45) is -4.32. The zero-order valence-electron chi connectivity index (χ0n) is 9.52. The first-order valence-corrected chi connectivity index (χ1v) is 5.17. The van der Waals surface area contributed by atoms with Gasteiger partial charge in [0.05, 0.1) is 5.56 Å². The third kappa shape index (κ3) is 3.12. The van der Waals surface area contributed by atoms with Gasteiger partial charge in [0.15, 0.2) is 0 Å². The summed E-state index contributed by atoms with van der Waals surface area (Å²) in [5.41, 5.74) is -0.201. The molecule has 1 aromatic heterocycles. The van der Waals surface area contributed by atoms with Gasteiger partial charge in [0.2, 0.25) is 0 Å². The highest BCUT2D eigenvalue weighted by atomic mass is 19.4. The number of rotatable bonds is 3. The molecule has 0 amide bonds. The Balaban J connectivity index is 3.19. The maximum absolute atomic E-state index is 12.6. The van der Waals surface area contributed by atoms with Crippen molar-refractivity contribution >= 4 is 5.82 Å². The van der Waals surface area contributed by atoms with E-state index in [2.05, 4.69) is 10.3 Å². The third-order valence-corrected chi connectivity index (χ3v) is 2.12. The number of nitrogens with one attached hydrogen (secondary N) is 1. The number of hydrogen-bond acceptors (Lipinski definition) is 2. The predicted octanol–water partition coefficient (Wildman–Crippen LogP) is 3.66. The van der Waals surface area contributed by atoms with Crippen LogP contribution in [0.1, 0.15) is 37.9 Å². The highest BCUT2D eigenvalue weighted by Crippen LogP contribution is 2.32. The fourth-order valence-corrected chi connectivity index (χ4v) is 1.28. The van der Waals surface area contributed by atoms with Gasteiger partial charge in [-0.15, -0.1) is 0 Å². The van der Waals surface area contributed by atoms with Gasteiger partial charge >= 0.3 is 6.18 Å². The van der Waals surface area contributed by atoms with Crippen LogP contribution in [-0.2, 0) is 6.18 Å². The molecule has 0 bridgehead atoms. The number of nitrogens with zero attached hydrogens (tertiary/aromatic N) is 1. The van der Waals surface area contributed by atoms with Crippen LogP contribution in [0, 0.1) is 0 Å². The minimum absolute atomic E-state index is 0.0280. The first-order chi connectivity index (χ1) is 7.34. The molecule has 1 rings (SSSR count). The molecule has 0 saturated carbocycles. The van der Waals surface area contributed by atoms with Gasteiger partial charge < -0.3 is 5.32 Å². The Morgan fingerprint density at radius 2 is 1.94 bits per heavy atom. The monoisotopic (exact) mass is 232 g/mol. The smallest absolute Gasteiger partial charge is 0.370 e. The molecule has 90 valence electrons. The number of halogens is 3. The van der Waals surface area contributed by atoms with E-state index in [0.29, 0.717) is 12.2 Å². The number of aromatic nitrogens is 1. The number of anilines is 1. The van der Waals surface area contributed by atoms with Gasteiger partial charge in [-0.3, -0.25) is 0 Å². The zero-order valence-corrected chi connectivity index (χ0v) is 9.52. The molecular formula is C11H15F3N2. The molecule has 0 aliphatic rings. The lowest BCUT2D eigenvalue weighted by molar-refractivity contribution is -0.137. The molecule has 2 nitrogen and oxygen atoms in total. The quantitative estimate of drug-likeness (QED) is 0.860. The Labute approximate surface area is 92.9 Å². The minimum Gasteiger partial charge on any atom is -0.370 e. The number of hydrogen-bond donors (Lipinski definition) is 1. The van der Waals surface area contributed by atoms with E-state index in [0.717, 1.165) is 12.1 Å². The summed E-state index contributed by atoms with van der Waals surface area (Å²) in [5, 5.41) is 2.80. The Hall–Kier alpha value is -1.26. The standard InChI is InChI=1S/C11H15F3N2/c1-4-15-10-6-8(11(12,13)14)5-9(16-10)7(2)3/h5-7H,4H2,1-3H3,(H,15,16). The SMILES string of the molecule is CCNc1cc(C(F)(F)F)cc(C(C)C)n1. The molecule has 0 fully saturated rings. The first-order valence-electron chi connectivity index (χ1n) is 5.17. The lowest BCUT2D eigenvalue weighted by Crippen LogP contribution is -2.10. The summed E-state index contributed by atoms with van der Waals surface area (Å²) in [4.78, 5) is 4.13. The van der Waals surface area contributed by atoms with Crippen LogP contribution >= 0.6 is 0 Å². The van der Waals surface area contributed by atoms with Crippen LogP contribution in [0.5, 0.6) is 0 Å². The molecular weight excluding hydrogens is 217 g/mol. The summed E-state index contributed by atoms with van der Waals surface area (Å²) in [6.45, 7) is 6.00. The van der Waals surface area contributed by atoms with Crippen molar-refractivity contribution in [2.24, 2.45) is 0 Å². The van der Waals surface area contributed by atoms with Crippen LogP contribution in [0.3, 0.4) is 0 Å². The predicted molar refractivity (Wildman–Crippen MR) is 57.5 cm³/mol. The summed E-state index contributed by atoms with van der Waals surface area (Å²) in [5.74, 6) is 0.251. The number of pyridine rings is 1. The zero-order chi connectivity index (χ0) is 12.3. The molecule has 0 aliphatic heterocycles. The lowest BCUT2D eigenvalue weighted by Gasteiger charge is -2.13. The molecule has 1 N–H and O–H groups in total. The molecule has 0 aliphatic carbocycles. The van der Waals surface area contributed by atoms with Crippen LogP contribution < -0.4 is 5.32 Å². The van der Waals surface area contributed by atoms with E-state index in [4.69, 9.17) is 0 Å². The van der Waals surface area contributed by atoms with E-state index >= 15 is 0 Å². The minimum atomic E-state index is -4.32. The molecule has 5 heteroatoms. The fourth-order valence-electron chi connectivity index (χ4n) is 1.28. The van der Waals surface area contributed by atoms with E-state index in [1.807, 2.05) is 20.8 Å². The average molecular weight is 232 g/mol. The molecule has 0 saturated heterocycles. The van der Waals surface area contributed by atoms with E-state index in [9.17, 15) is 13.2 Å². The maximum Gasteiger partial charge on any atom is 0.416 e. The van der Waals surface area contributed by atoms with E-state index in [1.165, 1.54) is 0 Å². The summed E-state index contributed by atoms with van der Waals surface area (Å²) in [6, 6.07) is 2.14. The van der Waals surface area contributed by atoms with Gasteiger partial charge in [-0.2, -0.15) is 13.2 Å². The van der Waals surface area contributed by atoms with Gasteiger partial charge in [-0.25, -0.2) is 4.98 Å². The molecule has 0 unspecified atom stereocenters. The molecule has 0 aromatic carbocycles. The Kier molecular flexibility index (Phi) is 3.78. The summed E-state index contributed by atoms with van der Waals surface area (Å²) < 4.78 is 37.8. The van der Waals surface area contributed by atoms with Crippen molar-refractivity contribution in [3.8, 4) is 0 Å². The first kappa shape index (κ1) is 12.8. The molecule has 0 atom stereocenters.